The molecule has 1 unspecified atom stereocenters. The van der Waals surface area contributed by atoms with Gasteiger partial charge in [-0.3, -0.25) is 0 Å². The van der Waals surface area contributed by atoms with Crippen LogP contribution in [0, 0.1) is 12.8 Å². The Labute approximate surface area is 98.5 Å². The van der Waals surface area contributed by atoms with Crippen LogP contribution in [0.1, 0.15) is 28.3 Å². The van der Waals surface area contributed by atoms with Gasteiger partial charge in [0, 0.05) is 18.2 Å². The summed E-state index contributed by atoms with van der Waals surface area (Å²) in [5, 5.41) is 8.96. The fourth-order valence-corrected chi connectivity index (χ4v) is 3.08. The largest absolute Gasteiger partial charge is 0.477 e. The Bertz CT molecular complexity index is 403. The first-order chi connectivity index (χ1) is 7.66. The fourth-order valence-electron chi connectivity index (χ4n) is 1.80. The van der Waals surface area contributed by atoms with Crippen molar-refractivity contribution in [2.45, 2.75) is 19.8 Å². The van der Waals surface area contributed by atoms with Crippen LogP contribution >= 0.6 is 11.8 Å². The molecule has 1 aliphatic heterocycles. The highest BCUT2D eigenvalue weighted by molar-refractivity contribution is 7.99. The highest BCUT2D eigenvalue weighted by Crippen LogP contribution is 2.25. The molecule has 1 aromatic heterocycles. The molecule has 1 atom stereocenters. The van der Waals surface area contributed by atoms with Crippen molar-refractivity contribution in [3.8, 4) is 0 Å². The Morgan fingerprint density at radius 3 is 3.12 bits per heavy atom. The monoisotopic (exact) mass is 238 g/mol. The van der Waals surface area contributed by atoms with Gasteiger partial charge in [-0.05, 0) is 30.8 Å². The van der Waals surface area contributed by atoms with E-state index in [0.29, 0.717) is 17.3 Å². The quantitative estimate of drug-likeness (QED) is 0.869. The number of carbonyl (C=O) groups is 1. The van der Waals surface area contributed by atoms with Crippen molar-refractivity contribution in [3.63, 3.8) is 0 Å². The first kappa shape index (κ1) is 11.4. The predicted octanol–water partition coefficient (Wildman–Crippen LogP) is 1.78. The lowest BCUT2D eigenvalue weighted by molar-refractivity contribution is 0.0689. The minimum Gasteiger partial charge on any atom is -0.477 e. The van der Waals surface area contributed by atoms with Crippen molar-refractivity contribution in [3.05, 3.63) is 23.3 Å². The number of aryl methyl sites for hydroxylation is 1. The topological polar surface area (TPSA) is 63.1 Å². The van der Waals surface area contributed by atoms with E-state index in [-0.39, 0.29) is 5.69 Å². The second kappa shape index (κ2) is 4.82. The molecule has 1 aliphatic rings. The fraction of sp³-hybridized carbons (Fsp3) is 0.545. The number of rotatable bonds is 3. The van der Waals surface area contributed by atoms with E-state index < -0.39 is 5.97 Å². The summed E-state index contributed by atoms with van der Waals surface area (Å²) in [5.41, 5.74) is 0.757. The summed E-state index contributed by atoms with van der Waals surface area (Å²) in [7, 11) is 0. The molecule has 5 heteroatoms. The Balaban J connectivity index is 2.15. The van der Waals surface area contributed by atoms with E-state index in [1.807, 2.05) is 11.8 Å². The van der Waals surface area contributed by atoms with Gasteiger partial charge >= 0.3 is 5.97 Å². The molecule has 4 nitrogen and oxygen atoms in total. The molecular formula is C11H14N2O2S. The molecule has 0 radical (unpaired) electrons. The minimum atomic E-state index is -0.970. The summed E-state index contributed by atoms with van der Waals surface area (Å²) in [4.78, 5) is 19.2. The van der Waals surface area contributed by atoms with Crippen molar-refractivity contribution in [2.75, 3.05) is 11.5 Å². The van der Waals surface area contributed by atoms with Crippen LogP contribution in [0.2, 0.25) is 0 Å². The second-order valence-corrected chi connectivity index (χ2v) is 5.21. The molecule has 0 aliphatic carbocycles. The Morgan fingerprint density at radius 1 is 1.69 bits per heavy atom. The lowest BCUT2D eigenvalue weighted by Crippen LogP contribution is -2.11. The van der Waals surface area contributed by atoms with Gasteiger partial charge in [0.1, 0.15) is 5.82 Å². The average Bonchev–Trinajstić information content (AvgIpc) is 2.73. The Hall–Kier alpha value is -1.10. The van der Waals surface area contributed by atoms with Crippen molar-refractivity contribution >= 4 is 17.7 Å². The lowest BCUT2D eigenvalue weighted by atomic mass is 10.0. The van der Waals surface area contributed by atoms with Crippen LogP contribution in [-0.2, 0) is 6.42 Å². The molecular weight excluding hydrogens is 224 g/mol. The number of hydrogen-bond acceptors (Lipinski definition) is 4. The first-order valence-electron chi connectivity index (χ1n) is 5.30. The van der Waals surface area contributed by atoms with Crippen molar-refractivity contribution in [1.82, 2.24) is 9.97 Å². The van der Waals surface area contributed by atoms with Gasteiger partial charge in [-0.2, -0.15) is 11.8 Å². The predicted molar refractivity (Wildman–Crippen MR) is 62.9 cm³/mol. The van der Waals surface area contributed by atoms with E-state index in [2.05, 4.69) is 9.97 Å². The van der Waals surface area contributed by atoms with E-state index in [9.17, 15) is 4.79 Å². The van der Waals surface area contributed by atoms with Gasteiger partial charge in [0.2, 0.25) is 0 Å². The molecule has 16 heavy (non-hydrogen) atoms. The third-order valence-corrected chi connectivity index (χ3v) is 3.95. The van der Waals surface area contributed by atoms with Gasteiger partial charge < -0.3 is 5.11 Å². The smallest absolute Gasteiger partial charge is 0.354 e. The maximum absolute atomic E-state index is 10.9. The Kier molecular flexibility index (Phi) is 3.43. The van der Waals surface area contributed by atoms with Gasteiger partial charge in [0.05, 0.1) is 0 Å². The highest BCUT2D eigenvalue weighted by atomic mass is 32.2. The summed E-state index contributed by atoms with van der Waals surface area (Å²) in [6.07, 6.45) is 3.59. The van der Waals surface area contributed by atoms with Gasteiger partial charge in [-0.15, -0.1) is 0 Å². The molecule has 0 amide bonds. The van der Waals surface area contributed by atoms with Crippen LogP contribution in [-0.4, -0.2) is 32.5 Å². The van der Waals surface area contributed by atoms with E-state index in [0.717, 1.165) is 12.2 Å². The van der Waals surface area contributed by atoms with E-state index >= 15 is 0 Å². The van der Waals surface area contributed by atoms with Gasteiger partial charge in [0.15, 0.2) is 5.69 Å². The number of aromatic nitrogens is 2. The standard InChI is InChI=1S/C11H14N2O2S/c1-7-5-12-9(13-10(7)11(14)15)4-8-2-3-16-6-8/h5,8H,2-4,6H2,1H3,(H,14,15). The maximum atomic E-state index is 10.9. The van der Waals surface area contributed by atoms with Gasteiger partial charge in [-0.1, -0.05) is 0 Å². The Morgan fingerprint density at radius 2 is 2.50 bits per heavy atom. The molecule has 1 aromatic rings. The van der Waals surface area contributed by atoms with Gasteiger partial charge in [0.25, 0.3) is 0 Å². The zero-order valence-corrected chi connectivity index (χ0v) is 9.96. The third-order valence-electron chi connectivity index (χ3n) is 2.72. The number of carboxylic acid groups (broad SMARTS) is 1. The molecule has 2 heterocycles. The molecule has 1 N–H and O–H groups in total. The van der Waals surface area contributed by atoms with Gasteiger partial charge in [-0.25, -0.2) is 14.8 Å². The third kappa shape index (κ3) is 2.52. The molecule has 0 spiro atoms. The molecule has 1 saturated heterocycles. The number of hydrogen-bond donors (Lipinski definition) is 1. The summed E-state index contributed by atoms with van der Waals surface area (Å²) >= 11 is 1.94. The second-order valence-electron chi connectivity index (χ2n) is 4.06. The lowest BCUT2D eigenvalue weighted by Gasteiger charge is -2.07. The average molecular weight is 238 g/mol. The van der Waals surface area contributed by atoms with E-state index in [1.165, 1.54) is 12.2 Å². The van der Waals surface area contributed by atoms with Crippen LogP contribution in [0.25, 0.3) is 0 Å². The zero-order chi connectivity index (χ0) is 11.5. The van der Waals surface area contributed by atoms with E-state index in [1.54, 1.807) is 13.1 Å². The normalized spacial score (nSPS) is 19.9. The SMILES string of the molecule is Cc1cnc(CC2CCSC2)nc1C(=O)O. The number of thioether (sulfide) groups is 1. The summed E-state index contributed by atoms with van der Waals surface area (Å²) in [5.74, 6) is 2.63. The minimum absolute atomic E-state index is 0.135. The molecule has 2 rings (SSSR count). The number of carboxylic acids is 1. The molecule has 0 aromatic carbocycles. The van der Waals surface area contributed by atoms with E-state index in [4.69, 9.17) is 5.11 Å². The number of nitrogens with zero attached hydrogens (tertiary/aromatic N) is 2. The van der Waals surface area contributed by atoms with Crippen LogP contribution in [0.5, 0.6) is 0 Å². The van der Waals surface area contributed by atoms with Crippen molar-refractivity contribution in [2.24, 2.45) is 5.92 Å². The van der Waals surface area contributed by atoms with Crippen LogP contribution in [0.3, 0.4) is 0 Å². The first-order valence-corrected chi connectivity index (χ1v) is 6.46. The highest BCUT2D eigenvalue weighted by Gasteiger charge is 2.18. The molecule has 1 fully saturated rings. The number of aromatic carboxylic acids is 1. The van der Waals surface area contributed by atoms with Crippen molar-refractivity contribution in [1.29, 1.82) is 0 Å². The zero-order valence-electron chi connectivity index (χ0n) is 9.14. The summed E-state index contributed by atoms with van der Waals surface area (Å²) in [6.45, 7) is 1.72. The van der Waals surface area contributed by atoms with Crippen molar-refractivity contribution < 1.29 is 9.90 Å². The maximum Gasteiger partial charge on any atom is 0.354 e. The molecule has 0 bridgehead atoms. The van der Waals surface area contributed by atoms with Crippen LogP contribution < -0.4 is 0 Å². The molecule has 0 saturated carbocycles. The van der Waals surface area contributed by atoms with Crippen LogP contribution in [0.4, 0.5) is 0 Å². The summed E-state index contributed by atoms with van der Waals surface area (Å²) in [6, 6.07) is 0. The summed E-state index contributed by atoms with van der Waals surface area (Å²) < 4.78 is 0. The molecule has 86 valence electrons. The van der Waals surface area contributed by atoms with Crippen LogP contribution in [0.15, 0.2) is 6.20 Å².